The molecule has 0 radical (unpaired) electrons. The molecule has 0 bridgehead atoms. The highest BCUT2D eigenvalue weighted by atomic mass is 35.5. The summed E-state index contributed by atoms with van der Waals surface area (Å²) >= 11 is 12.3. The number of hydrogen-bond donors (Lipinski definition) is 0. The summed E-state index contributed by atoms with van der Waals surface area (Å²) in [6.07, 6.45) is 5.63. The third-order valence-corrected chi connectivity index (χ3v) is 5.16. The van der Waals surface area contributed by atoms with Crippen molar-refractivity contribution in [1.29, 1.82) is 0 Å². The van der Waals surface area contributed by atoms with E-state index in [-0.39, 0.29) is 12.2 Å². The molecule has 1 unspecified atom stereocenters. The van der Waals surface area contributed by atoms with Gasteiger partial charge in [0, 0.05) is 37.7 Å². The van der Waals surface area contributed by atoms with Crippen LogP contribution in [0.25, 0.3) is 0 Å². The van der Waals surface area contributed by atoms with Crippen LogP contribution in [-0.4, -0.2) is 23.7 Å². The molecule has 144 valence electrons. The second-order valence-corrected chi connectivity index (χ2v) is 7.41. The van der Waals surface area contributed by atoms with E-state index < -0.39 is 5.79 Å². The summed E-state index contributed by atoms with van der Waals surface area (Å²) in [6, 6.07) is 3.38. The van der Waals surface area contributed by atoms with Crippen molar-refractivity contribution in [2.45, 2.75) is 45.3 Å². The molecule has 1 atom stereocenters. The molecule has 1 aliphatic heterocycles. The number of carbonyl (C=O) groups is 1. The lowest BCUT2D eigenvalue weighted by molar-refractivity contribution is -0.0702. The van der Waals surface area contributed by atoms with Crippen LogP contribution in [0.15, 0.2) is 24.5 Å². The predicted octanol–water partition coefficient (Wildman–Crippen LogP) is 5.50. The van der Waals surface area contributed by atoms with Crippen molar-refractivity contribution in [2.24, 2.45) is 0 Å². The SMILES string of the molecule is CCCCC1(C)Oc2c(OC)ccc(C(=O)Cc3c(Cl)cncc3Cl)c2O1. The molecular formula is C20H21Cl2NO4. The number of ketones is 1. The first kappa shape index (κ1) is 19.8. The summed E-state index contributed by atoms with van der Waals surface area (Å²) in [4.78, 5) is 16.9. The van der Waals surface area contributed by atoms with Gasteiger partial charge < -0.3 is 14.2 Å². The Morgan fingerprint density at radius 1 is 1.19 bits per heavy atom. The smallest absolute Gasteiger partial charge is 0.249 e. The molecule has 2 heterocycles. The molecule has 1 aromatic carbocycles. The van der Waals surface area contributed by atoms with Gasteiger partial charge in [0.1, 0.15) is 0 Å². The Labute approximate surface area is 168 Å². The van der Waals surface area contributed by atoms with Gasteiger partial charge in [0.05, 0.1) is 22.7 Å². The number of rotatable bonds is 7. The molecule has 0 spiro atoms. The van der Waals surface area contributed by atoms with Crippen molar-refractivity contribution in [3.63, 3.8) is 0 Å². The Kier molecular flexibility index (Phi) is 5.82. The first-order valence-electron chi connectivity index (χ1n) is 8.78. The number of hydrogen-bond acceptors (Lipinski definition) is 5. The van der Waals surface area contributed by atoms with Gasteiger partial charge in [-0.1, -0.05) is 36.5 Å². The topological polar surface area (TPSA) is 57.7 Å². The minimum atomic E-state index is -0.825. The Morgan fingerprint density at radius 3 is 2.48 bits per heavy atom. The monoisotopic (exact) mass is 409 g/mol. The summed E-state index contributed by atoms with van der Waals surface area (Å²) in [5.41, 5.74) is 0.950. The van der Waals surface area contributed by atoms with Gasteiger partial charge in [0.25, 0.3) is 0 Å². The van der Waals surface area contributed by atoms with Crippen molar-refractivity contribution >= 4 is 29.0 Å². The van der Waals surface area contributed by atoms with Crippen LogP contribution in [0.5, 0.6) is 17.2 Å². The van der Waals surface area contributed by atoms with Crippen LogP contribution in [0.2, 0.25) is 10.0 Å². The van der Waals surface area contributed by atoms with Crippen molar-refractivity contribution in [3.8, 4) is 17.2 Å². The van der Waals surface area contributed by atoms with Gasteiger partial charge in [0.15, 0.2) is 17.3 Å². The van der Waals surface area contributed by atoms with E-state index in [1.165, 1.54) is 12.4 Å². The van der Waals surface area contributed by atoms with E-state index in [1.807, 2.05) is 6.92 Å². The number of Topliss-reactive ketones (excluding diaryl/α,β-unsaturated/α-hetero) is 1. The Hall–Kier alpha value is -1.98. The van der Waals surface area contributed by atoms with Gasteiger partial charge in [-0.15, -0.1) is 0 Å². The largest absolute Gasteiger partial charge is 0.493 e. The number of fused-ring (bicyclic) bond motifs is 1. The van der Waals surface area contributed by atoms with Gasteiger partial charge in [0.2, 0.25) is 11.5 Å². The first-order valence-corrected chi connectivity index (χ1v) is 9.54. The fourth-order valence-corrected chi connectivity index (χ4v) is 3.54. The Morgan fingerprint density at radius 2 is 1.85 bits per heavy atom. The summed E-state index contributed by atoms with van der Waals surface area (Å²) in [5.74, 6) is 0.385. The molecular weight excluding hydrogens is 389 g/mol. The molecule has 3 rings (SSSR count). The normalized spacial score (nSPS) is 17.8. The van der Waals surface area contributed by atoms with Crippen molar-refractivity contribution in [1.82, 2.24) is 4.98 Å². The van der Waals surface area contributed by atoms with E-state index in [0.29, 0.717) is 44.8 Å². The Balaban J connectivity index is 1.94. The number of aromatic nitrogens is 1. The second kappa shape index (κ2) is 7.95. The maximum atomic E-state index is 13.0. The molecule has 27 heavy (non-hydrogen) atoms. The van der Waals surface area contributed by atoms with E-state index >= 15 is 0 Å². The summed E-state index contributed by atoms with van der Waals surface area (Å²) in [7, 11) is 1.55. The van der Waals surface area contributed by atoms with Crippen LogP contribution in [0.1, 0.15) is 49.0 Å². The van der Waals surface area contributed by atoms with Gasteiger partial charge in [-0.2, -0.15) is 0 Å². The highest BCUT2D eigenvalue weighted by molar-refractivity contribution is 6.36. The zero-order valence-electron chi connectivity index (χ0n) is 15.5. The molecule has 1 aromatic heterocycles. The lowest BCUT2D eigenvalue weighted by atomic mass is 10.0. The van der Waals surface area contributed by atoms with Crippen LogP contribution in [0, 0.1) is 0 Å². The molecule has 0 N–H and O–H groups in total. The lowest BCUT2D eigenvalue weighted by Crippen LogP contribution is -2.34. The van der Waals surface area contributed by atoms with Crippen LogP contribution in [0.4, 0.5) is 0 Å². The van der Waals surface area contributed by atoms with Gasteiger partial charge in [-0.3, -0.25) is 9.78 Å². The van der Waals surface area contributed by atoms with Gasteiger partial charge in [-0.05, 0) is 18.6 Å². The molecule has 2 aromatic rings. The minimum absolute atomic E-state index is 0.0357. The van der Waals surface area contributed by atoms with Crippen LogP contribution < -0.4 is 14.2 Å². The average molecular weight is 410 g/mol. The number of carbonyl (C=O) groups excluding carboxylic acids is 1. The summed E-state index contributed by atoms with van der Waals surface area (Å²) in [6.45, 7) is 3.97. The van der Waals surface area contributed by atoms with E-state index in [2.05, 4.69) is 11.9 Å². The number of ether oxygens (including phenoxy) is 3. The maximum absolute atomic E-state index is 13.0. The lowest BCUT2D eigenvalue weighted by Gasteiger charge is -2.22. The molecule has 0 saturated carbocycles. The molecule has 0 aliphatic carbocycles. The number of nitrogens with zero attached hydrogens (tertiary/aromatic N) is 1. The zero-order valence-corrected chi connectivity index (χ0v) is 17.0. The molecule has 7 heteroatoms. The number of methoxy groups -OCH3 is 1. The Bertz CT molecular complexity index is 851. The maximum Gasteiger partial charge on any atom is 0.249 e. The first-order chi connectivity index (χ1) is 12.9. The fraction of sp³-hybridized carbons (Fsp3) is 0.400. The van der Waals surface area contributed by atoms with Gasteiger partial charge in [-0.25, -0.2) is 0 Å². The molecule has 0 fully saturated rings. The average Bonchev–Trinajstić information content (AvgIpc) is 2.99. The van der Waals surface area contributed by atoms with Crippen molar-refractivity contribution in [2.75, 3.05) is 7.11 Å². The van der Waals surface area contributed by atoms with Crippen LogP contribution >= 0.6 is 23.2 Å². The molecule has 5 nitrogen and oxygen atoms in total. The second-order valence-electron chi connectivity index (χ2n) is 6.60. The highest BCUT2D eigenvalue weighted by Gasteiger charge is 2.40. The number of halogens is 2. The van der Waals surface area contributed by atoms with Crippen molar-refractivity contribution < 1.29 is 19.0 Å². The van der Waals surface area contributed by atoms with E-state index in [0.717, 1.165) is 12.8 Å². The van der Waals surface area contributed by atoms with E-state index in [9.17, 15) is 4.79 Å². The molecule has 0 saturated heterocycles. The van der Waals surface area contributed by atoms with Crippen LogP contribution in [0.3, 0.4) is 0 Å². The van der Waals surface area contributed by atoms with E-state index in [4.69, 9.17) is 37.4 Å². The summed E-state index contributed by atoms with van der Waals surface area (Å²) < 4.78 is 17.5. The predicted molar refractivity (Wildman–Crippen MR) is 104 cm³/mol. The van der Waals surface area contributed by atoms with Gasteiger partial charge >= 0.3 is 0 Å². The van der Waals surface area contributed by atoms with Crippen molar-refractivity contribution in [3.05, 3.63) is 45.7 Å². The third-order valence-electron chi connectivity index (χ3n) is 4.51. The highest BCUT2D eigenvalue weighted by Crippen LogP contribution is 2.49. The molecule has 0 amide bonds. The number of unbranched alkanes of at least 4 members (excludes halogenated alkanes) is 1. The zero-order chi connectivity index (χ0) is 19.6. The van der Waals surface area contributed by atoms with Crippen LogP contribution in [-0.2, 0) is 6.42 Å². The fourth-order valence-electron chi connectivity index (χ4n) is 3.04. The minimum Gasteiger partial charge on any atom is -0.493 e. The standard InChI is InChI=1S/C20H21Cl2NO4/c1-4-5-8-20(2)26-18-12(6-7-17(25-3)19(18)27-20)16(24)9-13-14(21)10-23-11-15(13)22/h6-7,10-11H,4-5,8-9H2,1-3H3. The third kappa shape index (κ3) is 3.99. The molecule has 1 aliphatic rings. The number of benzene rings is 1. The quantitative estimate of drug-likeness (QED) is 0.564. The number of pyridine rings is 1. The summed E-state index contributed by atoms with van der Waals surface area (Å²) in [5, 5.41) is 0.705. The van der Waals surface area contributed by atoms with E-state index in [1.54, 1.807) is 19.2 Å².